The largest absolute Gasteiger partial charge is 0.478 e. The normalized spacial score (nSPS) is 9.69. The van der Waals surface area contributed by atoms with Gasteiger partial charge in [0.15, 0.2) is 5.15 Å². The monoisotopic (exact) mass is 202 g/mol. The Hall–Kier alpha value is -1.33. The maximum absolute atomic E-state index is 10.5. The van der Waals surface area contributed by atoms with Crippen LogP contribution in [0.2, 0.25) is 5.15 Å². The molecule has 5 nitrogen and oxygen atoms in total. The highest BCUT2D eigenvalue weighted by molar-refractivity contribution is 6.32. The van der Waals surface area contributed by atoms with E-state index in [2.05, 4.69) is 15.3 Å². The molecule has 1 rings (SSSR count). The number of halogens is 1. The number of anilines is 1. The molecule has 1 heterocycles. The minimum Gasteiger partial charge on any atom is -0.478 e. The number of carbonyl (C=O) groups is 1. The maximum Gasteiger partial charge on any atom is 0.337 e. The number of aromatic nitrogens is 1. The van der Waals surface area contributed by atoms with Crippen LogP contribution < -0.4 is 5.48 Å². The average molecular weight is 203 g/mol. The van der Waals surface area contributed by atoms with Crippen LogP contribution >= 0.6 is 11.6 Å². The highest BCUT2D eigenvalue weighted by atomic mass is 35.5. The zero-order valence-corrected chi connectivity index (χ0v) is 7.50. The van der Waals surface area contributed by atoms with E-state index in [4.69, 9.17) is 16.7 Å². The summed E-state index contributed by atoms with van der Waals surface area (Å²) in [7, 11) is 1.39. The molecule has 1 aromatic heterocycles. The fourth-order valence-corrected chi connectivity index (χ4v) is 0.888. The Bertz CT molecular complexity index is 330. The molecule has 0 radical (unpaired) electrons. The van der Waals surface area contributed by atoms with Crippen molar-refractivity contribution >= 4 is 23.3 Å². The molecule has 70 valence electrons. The van der Waals surface area contributed by atoms with Gasteiger partial charge in [-0.15, -0.1) is 0 Å². The molecule has 0 bridgehead atoms. The summed E-state index contributed by atoms with van der Waals surface area (Å²) in [6, 6.07) is 1.33. The van der Waals surface area contributed by atoms with Gasteiger partial charge >= 0.3 is 5.97 Å². The van der Waals surface area contributed by atoms with Gasteiger partial charge < -0.3 is 5.11 Å². The van der Waals surface area contributed by atoms with E-state index >= 15 is 0 Å². The van der Waals surface area contributed by atoms with E-state index in [1.54, 1.807) is 0 Å². The van der Waals surface area contributed by atoms with Crippen molar-refractivity contribution in [3.8, 4) is 0 Å². The van der Waals surface area contributed by atoms with Gasteiger partial charge in [0.05, 0.1) is 18.4 Å². The number of nitrogens with one attached hydrogen (secondary N) is 1. The van der Waals surface area contributed by atoms with Gasteiger partial charge in [-0.05, 0) is 6.07 Å². The molecule has 6 heteroatoms. The van der Waals surface area contributed by atoms with Gasteiger partial charge in [0, 0.05) is 6.20 Å². The van der Waals surface area contributed by atoms with Crippen LogP contribution in [-0.2, 0) is 4.84 Å². The van der Waals surface area contributed by atoms with Gasteiger partial charge in [0.1, 0.15) is 0 Å². The van der Waals surface area contributed by atoms with E-state index in [1.165, 1.54) is 19.4 Å². The molecule has 0 saturated heterocycles. The number of carboxylic acid groups (broad SMARTS) is 1. The summed E-state index contributed by atoms with van der Waals surface area (Å²) in [4.78, 5) is 18.8. The van der Waals surface area contributed by atoms with Crippen LogP contribution in [0.3, 0.4) is 0 Å². The molecule has 0 saturated carbocycles. The third-order valence-corrected chi connectivity index (χ3v) is 1.60. The first-order valence-corrected chi connectivity index (χ1v) is 3.70. The van der Waals surface area contributed by atoms with Gasteiger partial charge in [0.25, 0.3) is 0 Å². The maximum atomic E-state index is 10.5. The van der Waals surface area contributed by atoms with Crippen molar-refractivity contribution in [3.63, 3.8) is 0 Å². The van der Waals surface area contributed by atoms with Crippen LogP contribution in [0, 0.1) is 0 Å². The lowest BCUT2D eigenvalue weighted by Crippen LogP contribution is -2.02. The fourth-order valence-electron chi connectivity index (χ4n) is 0.747. The molecule has 0 unspecified atom stereocenters. The summed E-state index contributed by atoms with van der Waals surface area (Å²) in [6.07, 6.45) is 1.17. The zero-order chi connectivity index (χ0) is 9.84. The summed E-state index contributed by atoms with van der Waals surface area (Å²) in [5.74, 6) is -1.07. The van der Waals surface area contributed by atoms with Crippen molar-refractivity contribution in [1.29, 1.82) is 0 Å². The summed E-state index contributed by atoms with van der Waals surface area (Å²) in [5, 5.41) is 8.78. The first kappa shape index (κ1) is 9.76. The molecule has 1 aromatic rings. The zero-order valence-electron chi connectivity index (χ0n) is 6.74. The van der Waals surface area contributed by atoms with Gasteiger partial charge in [-0.25, -0.2) is 9.78 Å². The Morgan fingerprint density at radius 3 is 3.00 bits per heavy atom. The molecule has 0 aliphatic rings. The Kier molecular flexibility index (Phi) is 3.05. The van der Waals surface area contributed by atoms with Crippen LogP contribution in [-0.4, -0.2) is 23.2 Å². The number of rotatable bonds is 3. The number of hydrogen-bond acceptors (Lipinski definition) is 4. The first-order valence-electron chi connectivity index (χ1n) is 3.33. The fraction of sp³-hybridized carbons (Fsp3) is 0.143. The molecular formula is C7H7ClN2O3. The van der Waals surface area contributed by atoms with Gasteiger partial charge in [0.2, 0.25) is 0 Å². The Morgan fingerprint density at radius 1 is 1.77 bits per heavy atom. The predicted molar refractivity (Wildman–Crippen MR) is 46.8 cm³/mol. The van der Waals surface area contributed by atoms with E-state index in [-0.39, 0.29) is 10.7 Å². The van der Waals surface area contributed by atoms with Crippen LogP contribution in [0.15, 0.2) is 12.3 Å². The van der Waals surface area contributed by atoms with Crippen molar-refractivity contribution in [3.05, 3.63) is 23.0 Å². The Balaban J connectivity index is 3.03. The second kappa shape index (κ2) is 4.06. The van der Waals surface area contributed by atoms with Crippen LogP contribution in [0.25, 0.3) is 0 Å². The molecular weight excluding hydrogens is 196 g/mol. The molecule has 0 spiro atoms. The summed E-state index contributed by atoms with van der Waals surface area (Å²) in [6.45, 7) is 0. The number of pyridine rings is 1. The van der Waals surface area contributed by atoms with Gasteiger partial charge in [-0.3, -0.25) is 10.3 Å². The van der Waals surface area contributed by atoms with Crippen molar-refractivity contribution in [2.75, 3.05) is 12.6 Å². The van der Waals surface area contributed by atoms with Crippen LogP contribution in [0.5, 0.6) is 0 Å². The van der Waals surface area contributed by atoms with Crippen molar-refractivity contribution < 1.29 is 14.7 Å². The Morgan fingerprint density at radius 2 is 2.46 bits per heavy atom. The smallest absolute Gasteiger partial charge is 0.337 e. The third-order valence-electron chi connectivity index (χ3n) is 1.30. The Labute approximate surface area is 79.3 Å². The quantitative estimate of drug-likeness (QED) is 0.573. The van der Waals surface area contributed by atoms with E-state index in [0.29, 0.717) is 5.69 Å². The van der Waals surface area contributed by atoms with E-state index in [9.17, 15) is 4.79 Å². The molecule has 0 aromatic carbocycles. The minimum absolute atomic E-state index is 0.0453. The van der Waals surface area contributed by atoms with Gasteiger partial charge in [-0.1, -0.05) is 11.6 Å². The number of nitrogens with zero attached hydrogens (tertiary/aromatic N) is 1. The lowest BCUT2D eigenvalue weighted by Gasteiger charge is -2.04. The lowest BCUT2D eigenvalue weighted by molar-refractivity contribution is 0.0696. The molecule has 0 aliphatic carbocycles. The van der Waals surface area contributed by atoms with Crippen LogP contribution in [0.4, 0.5) is 5.69 Å². The highest BCUT2D eigenvalue weighted by Crippen LogP contribution is 2.19. The second-order valence-corrected chi connectivity index (χ2v) is 2.53. The van der Waals surface area contributed by atoms with Crippen molar-refractivity contribution in [2.24, 2.45) is 0 Å². The molecule has 0 aliphatic heterocycles. The van der Waals surface area contributed by atoms with Gasteiger partial charge in [-0.2, -0.15) is 0 Å². The molecule has 2 N–H and O–H groups in total. The predicted octanol–water partition coefficient (Wildman–Crippen LogP) is 1.41. The minimum atomic E-state index is -1.07. The number of aromatic carboxylic acids is 1. The average Bonchev–Trinajstić information content (AvgIpc) is 2.08. The summed E-state index contributed by atoms with van der Waals surface area (Å²) in [5.41, 5.74) is 2.78. The summed E-state index contributed by atoms with van der Waals surface area (Å²) >= 11 is 5.63. The molecule has 0 fully saturated rings. The molecule has 0 atom stereocenters. The standard InChI is InChI=1S/C7H7ClN2O3/c1-13-10-5-2-4(7(11)12)3-9-6(5)8/h2-3,10H,1H3,(H,11,12). The van der Waals surface area contributed by atoms with Crippen LogP contribution in [0.1, 0.15) is 10.4 Å². The SMILES string of the molecule is CONc1cc(C(=O)O)cnc1Cl. The highest BCUT2D eigenvalue weighted by Gasteiger charge is 2.07. The second-order valence-electron chi connectivity index (χ2n) is 2.17. The van der Waals surface area contributed by atoms with E-state index < -0.39 is 5.97 Å². The first-order chi connectivity index (χ1) is 6.15. The lowest BCUT2D eigenvalue weighted by atomic mass is 10.3. The van der Waals surface area contributed by atoms with Crippen molar-refractivity contribution in [1.82, 2.24) is 4.98 Å². The topological polar surface area (TPSA) is 71.5 Å². The van der Waals surface area contributed by atoms with E-state index in [0.717, 1.165) is 0 Å². The number of carboxylic acids is 1. The number of hydrogen-bond donors (Lipinski definition) is 2. The third kappa shape index (κ3) is 2.30. The van der Waals surface area contributed by atoms with Crippen molar-refractivity contribution in [2.45, 2.75) is 0 Å². The summed E-state index contributed by atoms with van der Waals surface area (Å²) < 4.78 is 0. The van der Waals surface area contributed by atoms with E-state index in [1.807, 2.05) is 0 Å². The molecule has 0 amide bonds. The molecule has 13 heavy (non-hydrogen) atoms.